The number of methoxy groups -OCH3 is 1. The van der Waals surface area contributed by atoms with Crippen molar-refractivity contribution in [2.75, 3.05) is 26.8 Å². The summed E-state index contributed by atoms with van der Waals surface area (Å²) in [5.41, 5.74) is 0.950. The molecule has 6 nitrogen and oxygen atoms in total. The van der Waals surface area contributed by atoms with Crippen molar-refractivity contribution in [3.63, 3.8) is 0 Å². The number of thiophene rings is 1. The third-order valence-electron chi connectivity index (χ3n) is 5.16. The van der Waals surface area contributed by atoms with Gasteiger partial charge in [-0.2, -0.15) is 5.10 Å². The summed E-state index contributed by atoms with van der Waals surface area (Å²) >= 11 is 1.53. The Morgan fingerprint density at radius 2 is 2.00 bits per heavy atom. The first-order valence-electron chi connectivity index (χ1n) is 10.6. The van der Waals surface area contributed by atoms with Gasteiger partial charge in [0.2, 0.25) is 5.91 Å². The fourth-order valence-corrected chi connectivity index (χ4v) is 4.34. The third-order valence-corrected chi connectivity index (χ3v) is 6.08. The largest absolute Gasteiger partial charge is 0.383 e. The quantitative estimate of drug-likeness (QED) is 0.585. The van der Waals surface area contributed by atoms with Gasteiger partial charge in [-0.3, -0.25) is 9.59 Å². The highest BCUT2D eigenvalue weighted by atomic mass is 32.1. The lowest BCUT2D eigenvalue weighted by molar-refractivity contribution is -0.143. The summed E-state index contributed by atoms with van der Waals surface area (Å²) < 4.78 is 19.8. The molecule has 8 heteroatoms. The number of nitrogens with zero attached hydrogens (tertiary/aromatic N) is 3. The molecule has 1 aliphatic heterocycles. The molecule has 0 saturated heterocycles. The van der Waals surface area contributed by atoms with Crippen molar-refractivity contribution in [3.8, 4) is 0 Å². The molecule has 2 heterocycles. The maximum Gasteiger partial charge on any atom is 0.262 e. The van der Waals surface area contributed by atoms with Gasteiger partial charge in [-0.1, -0.05) is 45.0 Å². The Morgan fingerprint density at radius 1 is 1.25 bits per heavy atom. The first-order valence-corrected chi connectivity index (χ1v) is 11.5. The van der Waals surface area contributed by atoms with Crippen molar-refractivity contribution in [1.82, 2.24) is 9.91 Å². The van der Waals surface area contributed by atoms with E-state index >= 15 is 0 Å². The molecule has 3 rings (SSSR count). The van der Waals surface area contributed by atoms with Crippen LogP contribution in [0.25, 0.3) is 0 Å². The summed E-state index contributed by atoms with van der Waals surface area (Å²) in [5, 5.41) is 7.86. The Kier molecular flexibility index (Phi) is 7.79. The lowest BCUT2D eigenvalue weighted by Crippen LogP contribution is -2.43. The number of carbonyl (C=O) groups excluding carboxylic acids is 2. The lowest BCUT2D eigenvalue weighted by Gasteiger charge is -2.29. The van der Waals surface area contributed by atoms with E-state index in [4.69, 9.17) is 4.74 Å². The van der Waals surface area contributed by atoms with Gasteiger partial charge in [-0.05, 0) is 22.9 Å². The number of hydrogen-bond acceptors (Lipinski definition) is 5. The van der Waals surface area contributed by atoms with Crippen LogP contribution in [-0.4, -0.2) is 54.2 Å². The maximum atomic E-state index is 14.6. The molecule has 2 aromatic rings. The molecule has 0 saturated carbocycles. The Bertz CT molecular complexity index is 969. The molecule has 0 radical (unpaired) electrons. The maximum absolute atomic E-state index is 14.6. The van der Waals surface area contributed by atoms with Crippen LogP contribution in [0.5, 0.6) is 0 Å². The minimum absolute atomic E-state index is 0.119. The van der Waals surface area contributed by atoms with Crippen LogP contribution < -0.4 is 0 Å². The molecule has 172 valence electrons. The van der Waals surface area contributed by atoms with Gasteiger partial charge < -0.3 is 9.64 Å². The second kappa shape index (κ2) is 10.4. The summed E-state index contributed by atoms with van der Waals surface area (Å²) in [5.74, 6) is -0.840. The third kappa shape index (κ3) is 6.01. The zero-order chi connectivity index (χ0) is 23.3. The average Bonchev–Trinajstić information content (AvgIpc) is 3.39. The molecular weight excluding hydrogens is 429 g/mol. The summed E-state index contributed by atoms with van der Waals surface area (Å²) in [7, 11) is 1.56. The molecule has 1 aliphatic rings. The Labute approximate surface area is 192 Å². The van der Waals surface area contributed by atoms with Crippen LogP contribution in [0.1, 0.15) is 50.1 Å². The first kappa shape index (κ1) is 24.1. The number of hydrogen-bond donors (Lipinski definition) is 0. The fraction of sp³-hybridized carbons (Fsp3) is 0.458. The number of rotatable bonds is 8. The number of benzene rings is 1. The summed E-state index contributed by atoms with van der Waals surface area (Å²) in [6.07, 6.45) is 0.728. The van der Waals surface area contributed by atoms with Crippen LogP contribution in [0.4, 0.5) is 4.39 Å². The van der Waals surface area contributed by atoms with E-state index in [-0.39, 0.29) is 29.6 Å². The summed E-state index contributed by atoms with van der Waals surface area (Å²) in [4.78, 5) is 28.7. The predicted molar refractivity (Wildman–Crippen MR) is 124 cm³/mol. The second-order valence-electron chi connectivity index (χ2n) is 9.05. The Balaban J connectivity index is 1.86. The molecular formula is C24H30FN3O3S. The fourth-order valence-electron chi connectivity index (χ4n) is 3.61. The molecule has 0 aliphatic carbocycles. The smallest absolute Gasteiger partial charge is 0.262 e. The molecule has 1 aromatic carbocycles. The van der Waals surface area contributed by atoms with Crippen molar-refractivity contribution in [2.45, 2.75) is 39.7 Å². The van der Waals surface area contributed by atoms with Gasteiger partial charge >= 0.3 is 0 Å². The summed E-state index contributed by atoms with van der Waals surface area (Å²) in [6, 6.07) is 9.75. The molecule has 0 spiro atoms. The van der Waals surface area contributed by atoms with E-state index in [1.165, 1.54) is 27.3 Å². The predicted octanol–water partition coefficient (Wildman–Crippen LogP) is 4.48. The van der Waals surface area contributed by atoms with E-state index in [2.05, 4.69) is 5.10 Å². The van der Waals surface area contributed by atoms with Crippen LogP contribution in [0, 0.1) is 11.2 Å². The lowest BCUT2D eigenvalue weighted by atomic mass is 9.91. The number of hydrazone groups is 1. The van der Waals surface area contributed by atoms with Crippen molar-refractivity contribution >= 4 is 28.9 Å². The van der Waals surface area contributed by atoms with E-state index in [1.54, 1.807) is 25.3 Å². The molecule has 0 bridgehead atoms. The van der Waals surface area contributed by atoms with E-state index in [1.807, 2.05) is 38.3 Å². The van der Waals surface area contributed by atoms with E-state index in [0.29, 0.717) is 31.6 Å². The topological polar surface area (TPSA) is 62.2 Å². The van der Waals surface area contributed by atoms with Crippen LogP contribution in [0.15, 0.2) is 46.9 Å². The average molecular weight is 460 g/mol. The van der Waals surface area contributed by atoms with E-state index in [0.717, 1.165) is 10.6 Å². The van der Waals surface area contributed by atoms with Gasteiger partial charge in [0.05, 0.1) is 23.2 Å². The van der Waals surface area contributed by atoms with Crippen molar-refractivity contribution < 1.29 is 18.7 Å². The highest BCUT2D eigenvalue weighted by Crippen LogP contribution is 2.35. The molecule has 0 unspecified atom stereocenters. The van der Waals surface area contributed by atoms with Crippen LogP contribution in [-0.2, 0) is 14.3 Å². The van der Waals surface area contributed by atoms with Gasteiger partial charge in [0.1, 0.15) is 12.4 Å². The van der Waals surface area contributed by atoms with Crippen molar-refractivity contribution in [3.05, 3.63) is 58.0 Å². The highest BCUT2D eigenvalue weighted by Gasteiger charge is 2.36. The molecule has 0 fully saturated rings. The number of amides is 2. The standard InChI is InChI=1S/C24H30FN3O3S/c1-24(2,3)15-22(29)27(11-12-31-4)16-23(30)28-20(17-8-5-6-9-18(17)25)14-19(26-28)21-10-7-13-32-21/h5-10,13,20H,11-12,14-16H2,1-4H3/t20-/m1/s1. The van der Waals surface area contributed by atoms with Gasteiger partial charge in [0, 0.05) is 32.1 Å². The Morgan fingerprint density at radius 3 is 2.62 bits per heavy atom. The minimum atomic E-state index is -0.553. The van der Waals surface area contributed by atoms with Gasteiger partial charge in [0.25, 0.3) is 5.91 Å². The molecule has 2 amide bonds. The minimum Gasteiger partial charge on any atom is -0.383 e. The monoisotopic (exact) mass is 459 g/mol. The molecule has 32 heavy (non-hydrogen) atoms. The van der Waals surface area contributed by atoms with Gasteiger partial charge in [-0.15, -0.1) is 11.3 Å². The zero-order valence-corrected chi connectivity index (χ0v) is 19.8. The number of carbonyl (C=O) groups is 2. The van der Waals surface area contributed by atoms with Gasteiger partial charge in [0.15, 0.2) is 0 Å². The van der Waals surface area contributed by atoms with E-state index < -0.39 is 6.04 Å². The normalized spacial score (nSPS) is 16.2. The SMILES string of the molecule is COCCN(CC(=O)N1N=C(c2cccs2)C[C@@H]1c1ccccc1F)C(=O)CC(C)(C)C. The number of ether oxygens (including phenoxy) is 1. The van der Waals surface area contributed by atoms with Crippen molar-refractivity contribution in [2.24, 2.45) is 10.5 Å². The molecule has 1 atom stereocenters. The van der Waals surface area contributed by atoms with Crippen LogP contribution in [0.3, 0.4) is 0 Å². The van der Waals surface area contributed by atoms with Crippen molar-refractivity contribution in [1.29, 1.82) is 0 Å². The molecule has 1 aromatic heterocycles. The number of halogens is 1. The van der Waals surface area contributed by atoms with Crippen LogP contribution >= 0.6 is 11.3 Å². The second-order valence-corrected chi connectivity index (χ2v) is 10.00. The first-order chi connectivity index (χ1) is 15.2. The zero-order valence-electron chi connectivity index (χ0n) is 19.0. The molecule has 0 N–H and O–H groups in total. The highest BCUT2D eigenvalue weighted by molar-refractivity contribution is 7.12. The summed E-state index contributed by atoms with van der Waals surface area (Å²) in [6.45, 7) is 6.43. The van der Waals surface area contributed by atoms with Crippen LogP contribution in [0.2, 0.25) is 0 Å². The van der Waals surface area contributed by atoms with E-state index in [9.17, 15) is 14.0 Å². The Hall–Kier alpha value is -2.58. The van der Waals surface area contributed by atoms with Gasteiger partial charge in [-0.25, -0.2) is 9.40 Å².